The van der Waals surface area contributed by atoms with E-state index in [9.17, 15) is 4.79 Å². The van der Waals surface area contributed by atoms with Crippen LogP contribution in [0.5, 0.6) is 0 Å². The number of carbonyl (C=O) groups is 1. The Balaban J connectivity index is 2.25. The lowest BCUT2D eigenvalue weighted by molar-refractivity contribution is 0.0470. The highest BCUT2D eigenvalue weighted by Crippen LogP contribution is 2.28. The maximum atomic E-state index is 12.8. The molecule has 0 radical (unpaired) electrons. The lowest BCUT2D eigenvalue weighted by Crippen LogP contribution is -2.14. The van der Waals surface area contributed by atoms with Crippen molar-refractivity contribution in [1.29, 1.82) is 0 Å². The summed E-state index contributed by atoms with van der Waals surface area (Å²) in [6, 6.07) is 3.82. The first-order valence-electron chi connectivity index (χ1n) is 10.2. The molecule has 4 heteroatoms. The minimum atomic E-state index is -0.290. The second-order valence-electron chi connectivity index (χ2n) is 7.95. The van der Waals surface area contributed by atoms with Crippen molar-refractivity contribution in [3.8, 4) is 0 Å². The second-order valence-corrected chi connectivity index (χ2v) is 7.95. The molecule has 0 saturated heterocycles. The van der Waals surface area contributed by atoms with Gasteiger partial charge >= 0.3 is 5.97 Å². The molecule has 0 aromatic heterocycles. The first kappa shape index (κ1) is 22.7. The van der Waals surface area contributed by atoms with E-state index in [-0.39, 0.29) is 12.6 Å². The molecule has 0 heterocycles. The highest BCUT2D eigenvalue weighted by molar-refractivity contribution is 5.92. The van der Waals surface area contributed by atoms with Gasteiger partial charge in [-0.2, -0.15) is 0 Å². The molecule has 0 spiro atoms. The third-order valence-corrected chi connectivity index (χ3v) is 6.16. The lowest BCUT2D eigenvalue weighted by Gasteiger charge is -2.19. The average Bonchev–Trinajstić information content (AvgIpc) is 2.70. The molecule has 0 atom stereocenters. The fraction of sp³-hybridized carbons (Fsp3) is 0.440. The quantitative estimate of drug-likeness (QED) is 0.352. The van der Waals surface area contributed by atoms with Crippen LogP contribution in [0.2, 0.25) is 0 Å². The number of rotatable bonds is 6. The Morgan fingerprint density at radius 1 is 0.931 bits per heavy atom. The van der Waals surface area contributed by atoms with Gasteiger partial charge in [0.2, 0.25) is 0 Å². The molecule has 0 aliphatic rings. The van der Waals surface area contributed by atoms with Crippen molar-refractivity contribution in [3.05, 3.63) is 62.2 Å². The Kier molecular flexibility index (Phi) is 7.23. The Morgan fingerprint density at radius 2 is 1.48 bits per heavy atom. The number of aliphatic imine (C=N–C) groups is 1. The zero-order valence-corrected chi connectivity index (χ0v) is 19.4. The first-order chi connectivity index (χ1) is 13.6. The van der Waals surface area contributed by atoms with Crippen LogP contribution in [0.3, 0.4) is 0 Å². The summed E-state index contributed by atoms with van der Waals surface area (Å²) in [5.41, 5.74) is 10.7. The standard InChI is InChI=1S/C25H34N2O2/c1-10-27(9)14-26-24-12-15(2)22(11-16(24)3)25(28)29-13-23-20(7)18(5)17(4)19(6)21(23)8/h11-12,14H,10,13H2,1-9H3. The Morgan fingerprint density at radius 3 is 2.03 bits per heavy atom. The number of hydrogen-bond acceptors (Lipinski definition) is 3. The molecule has 29 heavy (non-hydrogen) atoms. The zero-order chi connectivity index (χ0) is 21.9. The van der Waals surface area contributed by atoms with E-state index < -0.39 is 0 Å². The maximum absolute atomic E-state index is 12.8. The van der Waals surface area contributed by atoms with Crippen molar-refractivity contribution in [2.75, 3.05) is 13.6 Å². The maximum Gasteiger partial charge on any atom is 0.338 e. The highest BCUT2D eigenvalue weighted by Gasteiger charge is 2.17. The molecular formula is C25H34N2O2. The van der Waals surface area contributed by atoms with E-state index in [4.69, 9.17) is 4.74 Å². The van der Waals surface area contributed by atoms with Crippen LogP contribution in [0.1, 0.15) is 61.8 Å². The molecule has 156 valence electrons. The summed E-state index contributed by atoms with van der Waals surface area (Å²) in [6.45, 7) is 17.8. The normalized spacial score (nSPS) is 11.2. The molecule has 2 aromatic carbocycles. The van der Waals surface area contributed by atoms with Gasteiger partial charge in [0.1, 0.15) is 6.61 Å². The van der Waals surface area contributed by atoms with E-state index >= 15 is 0 Å². The molecule has 2 rings (SSSR count). The van der Waals surface area contributed by atoms with Gasteiger partial charge in [0.25, 0.3) is 0 Å². The lowest BCUT2D eigenvalue weighted by atomic mass is 9.90. The number of benzene rings is 2. The Labute approximate surface area is 175 Å². The predicted molar refractivity (Wildman–Crippen MR) is 122 cm³/mol. The minimum absolute atomic E-state index is 0.290. The van der Waals surface area contributed by atoms with Gasteiger partial charge in [0.15, 0.2) is 0 Å². The summed E-state index contributed by atoms with van der Waals surface area (Å²) in [7, 11) is 1.98. The van der Waals surface area contributed by atoms with Crippen LogP contribution in [-0.2, 0) is 11.3 Å². The molecule has 0 amide bonds. The van der Waals surface area contributed by atoms with Crippen LogP contribution in [0.4, 0.5) is 5.69 Å². The number of aryl methyl sites for hydroxylation is 2. The van der Waals surface area contributed by atoms with Crippen LogP contribution >= 0.6 is 0 Å². The summed E-state index contributed by atoms with van der Waals surface area (Å²) in [4.78, 5) is 19.3. The van der Waals surface area contributed by atoms with Gasteiger partial charge in [-0.3, -0.25) is 0 Å². The van der Waals surface area contributed by atoms with Crippen molar-refractivity contribution < 1.29 is 9.53 Å². The molecule has 0 aliphatic carbocycles. The van der Waals surface area contributed by atoms with Crippen LogP contribution in [0.15, 0.2) is 17.1 Å². The van der Waals surface area contributed by atoms with Crippen LogP contribution in [0, 0.1) is 48.5 Å². The Hall–Kier alpha value is -2.62. The molecule has 0 aliphatic heterocycles. The molecule has 0 saturated carbocycles. The number of carbonyl (C=O) groups excluding carboxylic acids is 1. The number of ether oxygens (including phenoxy) is 1. The summed E-state index contributed by atoms with van der Waals surface area (Å²) < 4.78 is 5.73. The van der Waals surface area contributed by atoms with Gasteiger partial charge in [-0.1, -0.05) is 0 Å². The fourth-order valence-electron chi connectivity index (χ4n) is 3.41. The topological polar surface area (TPSA) is 41.9 Å². The van der Waals surface area contributed by atoms with Crippen molar-refractivity contribution in [1.82, 2.24) is 4.90 Å². The Bertz CT molecular complexity index is 929. The van der Waals surface area contributed by atoms with Crippen LogP contribution in [-0.4, -0.2) is 30.8 Å². The third-order valence-electron chi connectivity index (χ3n) is 6.16. The third kappa shape index (κ3) is 4.87. The van der Waals surface area contributed by atoms with Gasteiger partial charge in [-0.15, -0.1) is 0 Å². The molecule has 0 fully saturated rings. The largest absolute Gasteiger partial charge is 0.457 e. The van der Waals surface area contributed by atoms with E-state index in [0.29, 0.717) is 5.56 Å². The summed E-state index contributed by atoms with van der Waals surface area (Å²) in [5.74, 6) is -0.290. The highest BCUT2D eigenvalue weighted by atomic mass is 16.5. The summed E-state index contributed by atoms with van der Waals surface area (Å²) in [6.07, 6.45) is 1.81. The first-order valence-corrected chi connectivity index (χ1v) is 10.2. The molecule has 0 unspecified atom stereocenters. The van der Waals surface area contributed by atoms with E-state index in [2.05, 4.69) is 46.5 Å². The minimum Gasteiger partial charge on any atom is -0.457 e. The summed E-state index contributed by atoms with van der Waals surface area (Å²) in [5, 5.41) is 0. The average molecular weight is 395 g/mol. The van der Waals surface area contributed by atoms with Crippen molar-refractivity contribution >= 4 is 18.0 Å². The van der Waals surface area contributed by atoms with E-state index in [1.165, 1.54) is 27.8 Å². The van der Waals surface area contributed by atoms with Crippen molar-refractivity contribution in [2.24, 2.45) is 4.99 Å². The number of nitrogens with zero attached hydrogens (tertiary/aromatic N) is 2. The van der Waals surface area contributed by atoms with Crippen molar-refractivity contribution in [3.63, 3.8) is 0 Å². The van der Waals surface area contributed by atoms with Gasteiger partial charge in [-0.05, 0) is 112 Å². The molecular weight excluding hydrogens is 360 g/mol. The van der Waals surface area contributed by atoms with Gasteiger partial charge in [0.05, 0.1) is 17.6 Å². The summed E-state index contributed by atoms with van der Waals surface area (Å²) >= 11 is 0. The molecule has 0 bridgehead atoms. The number of esters is 1. The van der Waals surface area contributed by atoms with E-state index in [1.807, 2.05) is 44.3 Å². The second kappa shape index (κ2) is 9.25. The number of hydrogen-bond donors (Lipinski definition) is 0. The fourth-order valence-corrected chi connectivity index (χ4v) is 3.41. The van der Waals surface area contributed by atoms with Crippen LogP contribution < -0.4 is 0 Å². The SMILES string of the molecule is CCN(C)C=Nc1cc(C)c(C(=O)OCc2c(C)c(C)c(C)c(C)c2C)cc1C. The van der Waals surface area contributed by atoms with Crippen LogP contribution in [0.25, 0.3) is 0 Å². The van der Waals surface area contributed by atoms with Gasteiger partial charge < -0.3 is 9.64 Å². The monoisotopic (exact) mass is 394 g/mol. The van der Waals surface area contributed by atoms with Gasteiger partial charge in [0, 0.05) is 13.6 Å². The predicted octanol–water partition coefficient (Wildman–Crippen LogP) is 5.81. The van der Waals surface area contributed by atoms with E-state index in [1.54, 1.807) is 0 Å². The zero-order valence-electron chi connectivity index (χ0n) is 19.4. The molecule has 2 aromatic rings. The van der Waals surface area contributed by atoms with Crippen molar-refractivity contribution in [2.45, 2.75) is 62.0 Å². The smallest absolute Gasteiger partial charge is 0.338 e. The van der Waals surface area contributed by atoms with E-state index in [0.717, 1.165) is 28.9 Å². The molecule has 4 nitrogen and oxygen atoms in total. The molecule has 0 N–H and O–H groups in total. The van der Waals surface area contributed by atoms with Gasteiger partial charge in [-0.25, -0.2) is 9.79 Å².